The minimum atomic E-state index is -0.421. The van der Waals surface area contributed by atoms with Gasteiger partial charge in [0.05, 0.1) is 15.7 Å². The Hall–Kier alpha value is -3.61. The minimum absolute atomic E-state index is 0.0335. The van der Waals surface area contributed by atoms with Gasteiger partial charge < -0.3 is 16.0 Å². The molecule has 1 saturated carbocycles. The van der Waals surface area contributed by atoms with Gasteiger partial charge in [-0.1, -0.05) is 31.2 Å². The van der Waals surface area contributed by atoms with Crippen LogP contribution in [-0.4, -0.2) is 23.0 Å². The van der Waals surface area contributed by atoms with Crippen LogP contribution in [0.1, 0.15) is 47.0 Å². The number of benzene rings is 2. The summed E-state index contributed by atoms with van der Waals surface area (Å²) in [5.74, 6) is -0.431. The van der Waals surface area contributed by atoms with E-state index < -0.39 is 5.25 Å². The highest BCUT2D eigenvalue weighted by molar-refractivity contribution is 8.00. The second-order valence-electron chi connectivity index (χ2n) is 8.49. The van der Waals surface area contributed by atoms with Gasteiger partial charge in [-0.05, 0) is 62.1 Å². The molecule has 1 fully saturated rings. The third kappa shape index (κ3) is 6.14. The van der Waals surface area contributed by atoms with E-state index >= 15 is 0 Å². The summed E-state index contributed by atoms with van der Waals surface area (Å²) in [5.41, 5.74) is 2.18. The fraction of sp³-hybridized carbons (Fsp3) is 0.259. The molecule has 36 heavy (non-hydrogen) atoms. The summed E-state index contributed by atoms with van der Waals surface area (Å²) < 4.78 is 0. The van der Waals surface area contributed by atoms with Gasteiger partial charge in [-0.3, -0.25) is 14.4 Å². The SMILES string of the molecule is CCC(Sc1cccc(NC(=O)C2CC2)c1)C(=O)Nc1sc(C(=O)Nc2ccccc2)c(C)c1C#N. The van der Waals surface area contributed by atoms with E-state index in [2.05, 4.69) is 22.0 Å². The number of anilines is 3. The van der Waals surface area contributed by atoms with Crippen LogP contribution < -0.4 is 16.0 Å². The molecule has 3 aromatic rings. The van der Waals surface area contributed by atoms with Crippen molar-refractivity contribution >= 4 is 57.2 Å². The lowest BCUT2D eigenvalue weighted by atomic mass is 10.1. The van der Waals surface area contributed by atoms with Gasteiger partial charge >= 0.3 is 0 Å². The Bertz CT molecular complexity index is 1330. The average Bonchev–Trinajstić information content (AvgIpc) is 3.68. The quantitative estimate of drug-likeness (QED) is 0.299. The molecule has 1 unspecified atom stereocenters. The molecule has 2 aromatic carbocycles. The smallest absolute Gasteiger partial charge is 0.266 e. The molecule has 1 aliphatic rings. The summed E-state index contributed by atoms with van der Waals surface area (Å²) in [7, 11) is 0. The zero-order chi connectivity index (χ0) is 25.7. The number of amides is 3. The van der Waals surface area contributed by atoms with E-state index in [4.69, 9.17) is 0 Å². The Morgan fingerprint density at radius 3 is 2.44 bits per heavy atom. The van der Waals surface area contributed by atoms with Gasteiger partial charge in [-0.2, -0.15) is 5.26 Å². The number of thiophene rings is 1. The van der Waals surface area contributed by atoms with Gasteiger partial charge in [0.25, 0.3) is 5.91 Å². The molecule has 0 radical (unpaired) electrons. The first-order valence-corrected chi connectivity index (χ1v) is 13.4. The van der Waals surface area contributed by atoms with Gasteiger partial charge in [-0.25, -0.2) is 0 Å². The highest BCUT2D eigenvalue weighted by Crippen LogP contribution is 2.35. The number of nitrogens with one attached hydrogen (secondary N) is 3. The van der Waals surface area contributed by atoms with Crippen molar-refractivity contribution in [3.05, 3.63) is 70.6 Å². The number of hydrogen-bond acceptors (Lipinski definition) is 6. The van der Waals surface area contributed by atoms with Crippen LogP contribution >= 0.6 is 23.1 Å². The molecule has 1 aromatic heterocycles. The number of carbonyl (C=O) groups is 3. The standard InChI is InChI=1S/C27H26N4O3S2/c1-3-22(35-20-11-7-10-19(14-20)30-24(32)17-12-13-17)25(33)31-27-21(15-28)16(2)23(36-27)26(34)29-18-8-5-4-6-9-18/h4-11,14,17,22H,3,12-13H2,1-2H3,(H,29,34)(H,30,32)(H,31,33). The molecule has 1 atom stereocenters. The molecular weight excluding hydrogens is 492 g/mol. The van der Waals surface area contributed by atoms with Crippen molar-refractivity contribution in [2.45, 2.75) is 43.3 Å². The Morgan fingerprint density at radius 1 is 1.06 bits per heavy atom. The van der Waals surface area contributed by atoms with Crippen molar-refractivity contribution in [2.24, 2.45) is 5.92 Å². The fourth-order valence-corrected chi connectivity index (χ4v) is 5.65. The summed E-state index contributed by atoms with van der Waals surface area (Å²) in [6.45, 7) is 3.62. The molecule has 1 aliphatic carbocycles. The average molecular weight is 519 g/mol. The lowest BCUT2D eigenvalue weighted by molar-refractivity contribution is -0.117. The van der Waals surface area contributed by atoms with Crippen LogP contribution in [0.4, 0.5) is 16.4 Å². The molecule has 3 amide bonds. The maximum absolute atomic E-state index is 13.2. The minimum Gasteiger partial charge on any atom is -0.326 e. The topological polar surface area (TPSA) is 111 Å². The summed E-state index contributed by atoms with van der Waals surface area (Å²) in [4.78, 5) is 39.3. The second-order valence-corrected chi connectivity index (χ2v) is 10.8. The Kier molecular flexibility index (Phi) is 8.08. The van der Waals surface area contributed by atoms with E-state index in [0.717, 1.165) is 29.1 Å². The van der Waals surface area contributed by atoms with E-state index in [9.17, 15) is 19.6 Å². The first-order chi connectivity index (χ1) is 17.4. The van der Waals surface area contributed by atoms with Crippen LogP contribution in [0, 0.1) is 24.2 Å². The number of hydrogen-bond donors (Lipinski definition) is 3. The zero-order valence-corrected chi connectivity index (χ0v) is 21.6. The van der Waals surface area contributed by atoms with Gasteiger partial charge in [0.1, 0.15) is 11.1 Å². The van der Waals surface area contributed by atoms with E-state index in [1.54, 1.807) is 19.1 Å². The second kappa shape index (κ2) is 11.4. The van der Waals surface area contributed by atoms with Crippen LogP contribution in [0.3, 0.4) is 0 Å². The van der Waals surface area contributed by atoms with Crippen LogP contribution in [-0.2, 0) is 9.59 Å². The van der Waals surface area contributed by atoms with Crippen molar-refractivity contribution in [3.63, 3.8) is 0 Å². The summed E-state index contributed by atoms with van der Waals surface area (Å²) in [6.07, 6.45) is 2.42. The van der Waals surface area contributed by atoms with Crippen LogP contribution in [0.25, 0.3) is 0 Å². The number of nitrogens with zero attached hydrogens (tertiary/aromatic N) is 1. The van der Waals surface area contributed by atoms with E-state index in [1.165, 1.54) is 11.8 Å². The van der Waals surface area contributed by atoms with Gasteiger partial charge in [-0.15, -0.1) is 23.1 Å². The van der Waals surface area contributed by atoms with Gasteiger partial charge in [0, 0.05) is 22.2 Å². The number of para-hydroxylation sites is 1. The Balaban J connectivity index is 1.46. The van der Waals surface area contributed by atoms with Crippen molar-refractivity contribution in [1.29, 1.82) is 5.26 Å². The Labute approximate surface area is 218 Å². The third-order valence-electron chi connectivity index (χ3n) is 5.72. The van der Waals surface area contributed by atoms with E-state index in [0.29, 0.717) is 33.2 Å². The summed E-state index contributed by atoms with van der Waals surface area (Å²) in [6, 6.07) is 18.6. The maximum atomic E-state index is 13.2. The third-order valence-corrected chi connectivity index (χ3v) is 8.29. The van der Waals surface area contributed by atoms with Crippen molar-refractivity contribution in [3.8, 4) is 6.07 Å². The fourth-order valence-electron chi connectivity index (χ4n) is 3.58. The molecule has 0 spiro atoms. The highest BCUT2D eigenvalue weighted by atomic mass is 32.2. The van der Waals surface area contributed by atoms with Gasteiger partial charge in [0.15, 0.2) is 0 Å². The zero-order valence-electron chi connectivity index (χ0n) is 20.0. The summed E-state index contributed by atoms with van der Waals surface area (Å²) >= 11 is 2.49. The monoisotopic (exact) mass is 518 g/mol. The lowest BCUT2D eigenvalue weighted by Crippen LogP contribution is -2.24. The molecule has 1 heterocycles. The predicted octanol–water partition coefficient (Wildman–Crippen LogP) is 6.04. The molecule has 0 bridgehead atoms. The molecule has 0 saturated heterocycles. The normalized spacial score (nSPS) is 13.4. The molecular formula is C27H26N4O3S2. The predicted molar refractivity (Wildman–Crippen MR) is 145 cm³/mol. The molecule has 9 heteroatoms. The highest BCUT2D eigenvalue weighted by Gasteiger charge is 2.29. The van der Waals surface area contributed by atoms with Crippen LogP contribution in [0.15, 0.2) is 59.5 Å². The molecule has 0 aliphatic heterocycles. The van der Waals surface area contributed by atoms with Crippen LogP contribution in [0.2, 0.25) is 0 Å². The summed E-state index contributed by atoms with van der Waals surface area (Å²) in [5, 5.41) is 18.3. The largest absolute Gasteiger partial charge is 0.326 e. The number of nitriles is 1. The van der Waals surface area contributed by atoms with Crippen LogP contribution in [0.5, 0.6) is 0 Å². The number of thioether (sulfide) groups is 1. The first kappa shape index (κ1) is 25.5. The molecule has 4 rings (SSSR count). The van der Waals surface area contributed by atoms with Gasteiger partial charge in [0.2, 0.25) is 11.8 Å². The molecule has 3 N–H and O–H groups in total. The van der Waals surface area contributed by atoms with Crippen molar-refractivity contribution in [1.82, 2.24) is 0 Å². The van der Waals surface area contributed by atoms with Crippen molar-refractivity contribution < 1.29 is 14.4 Å². The number of rotatable bonds is 9. The first-order valence-electron chi connectivity index (χ1n) is 11.7. The Morgan fingerprint density at radius 2 is 1.78 bits per heavy atom. The molecule has 184 valence electrons. The number of carbonyl (C=O) groups excluding carboxylic acids is 3. The lowest BCUT2D eigenvalue weighted by Gasteiger charge is -2.15. The van der Waals surface area contributed by atoms with E-state index in [-0.39, 0.29) is 29.2 Å². The molecule has 7 nitrogen and oxygen atoms in total. The van der Waals surface area contributed by atoms with Crippen molar-refractivity contribution in [2.75, 3.05) is 16.0 Å². The maximum Gasteiger partial charge on any atom is 0.266 e. The van der Waals surface area contributed by atoms with E-state index in [1.807, 2.05) is 49.4 Å².